The Morgan fingerprint density at radius 3 is 2.74 bits per heavy atom. The van der Waals surface area contributed by atoms with Crippen LogP contribution in [-0.2, 0) is 11.3 Å². The first-order valence-electron chi connectivity index (χ1n) is 7.14. The number of carboxylic acid groups (broad SMARTS) is 1. The molecule has 0 amide bonds. The van der Waals surface area contributed by atoms with E-state index in [1.165, 1.54) is 0 Å². The minimum atomic E-state index is -0.940. The zero-order valence-corrected chi connectivity index (χ0v) is 12.1. The highest BCUT2D eigenvalue weighted by atomic mass is 16.6. The van der Waals surface area contributed by atoms with E-state index in [0.29, 0.717) is 41.6 Å². The van der Waals surface area contributed by atoms with Gasteiger partial charge in [0.05, 0.1) is 11.0 Å². The molecule has 23 heavy (non-hydrogen) atoms. The van der Waals surface area contributed by atoms with Crippen molar-refractivity contribution in [1.82, 2.24) is 14.5 Å². The summed E-state index contributed by atoms with van der Waals surface area (Å²) in [6.45, 7) is 0.769. The molecule has 0 spiro atoms. The molecule has 1 aliphatic heterocycles. The number of aliphatic carboxylic acids is 1. The maximum absolute atomic E-state index is 11.3. The van der Waals surface area contributed by atoms with E-state index in [0.717, 1.165) is 5.56 Å². The molecule has 0 saturated heterocycles. The number of benzene rings is 1. The van der Waals surface area contributed by atoms with Gasteiger partial charge in [0.25, 0.3) is 0 Å². The van der Waals surface area contributed by atoms with Crippen LogP contribution in [0.4, 0.5) is 0 Å². The van der Waals surface area contributed by atoms with Gasteiger partial charge in [-0.15, -0.1) is 0 Å². The Balaban J connectivity index is 1.96. The predicted octanol–water partition coefficient (Wildman–Crippen LogP) is 1.95. The van der Waals surface area contributed by atoms with Crippen LogP contribution >= 0.6 is 0 Å². The molecule has 4 rings (SSSR count). The summed E-state index contributed by atoms with van der Waals surface area (Å²) in [6, 6.07) is 7.19. The predicted molar refractivity (Wildman–Crippen MR) is 81.6 cm³/mol. The van der Waals surface area contributed by atoms with Crippen molar-refractivity contribution in [3.63, 3.8) is 0 Å². The SMILES string of the molecule is O=C(O)Cn1c(-c2cccnc2)nc2cc3c(cc21)OCCO3. The number of hydrogen-bond donors (Lipinski definition) is 1. The lowest BCUT2D eigenvalue weighted by Gasteiger charge is -2.18. The van der Waals surface area contributed by atoms with Crippen LogP contribution < -0.4 is 9.47 Å². The van der Waals surface area contributed by atoms with Crippen molar-refractivity contribution in [1.29, 1.82) is 0 Å². The smallest absolute Gasteiger partial charge is 0.323 e. The third-order valence-electron chi connectivity index (χ3n) is 3.63. The van der Waals surface area contributed by atoms with Crippen LogP contribution in [0.3, 0.4) is 0 Å². The first kappa shape index (κ1) is 13.6. The summed E-state index contributed by atoms with van der Waals surface area (Å²) >= 11 is 0. The van der Waals surface area contributed by atoms with Crippen molar-refractivity contribution in [2.45, 2.75) is 6.54 Å². The fourth-order valence-electron chi connectivity index (χ4n) is 2.67. The van der Waals surface area contributed by atoms with Crippen LogP contribution in [0.5, 0.6) is 11.5 Å². The fourth-order valence-corrected chi connectivity index (χ4v) is 2.67. The molecular formula is C16H13N3O4. The molecule has 3 aromatic rings. The van der Waals surface area contributed by atoms with Crippen molar-refractivity contribution in [2.75, 3.05) is 13.2 Å². The van der Waals surface area contributed by atoms with Crippen molar-refractivity contribution in [2.24, 2.45) is 0 Å². The average molecular weight is 311 g/mol. The van der Waals surface area contributed by atoms with Gasteiger partial charge in [-0.2, -0.15) is 0 Å². The van der Waals surface area contributed by atoms with Gasteiger partial charge < -0.3 is 19.1 Å². The summed E-state index contributed by atoms with van der Waals surface area (Å²) in [5, 5.41) is 9.23. The van der Waals surface area contributed by atoms with Crippen molar-refractivity contribution in [3.8, 4) is 22.9 Å². The van der Waals surface area contributed by atoms with E-state index in [-0.39, 0.29) is 6.54 Å². The summed E-state index contributed by atoms with van der Waals surface area (Å²) in [4.78, 5) is 19.9. The van der Waals surface area contributed by atoms with Crippen LogP contribution in [0.1, 0.15) is 0 Å². The Morgan fingerprint density at radius 2 is 2.04 bits per heavy atom. The van der Waals surface area contributed by atoms with Crippen molar-refractivity contribution in [3.05, 3.63) is 36.7 Å². The van der Waals surface area contributed by atoms with Gasteiger partial charge in [-0.3, -0.25) is 9.78 Å². The molecule has 0 radical (unpaired) electrons. The monoisotopic (exact) mass is 311 g/mol. The Kier molecular flexibility index (Phi) is 3.11. The van der Waals surface area contributed by atoms with Crippen LogP contribution in [0.2, 0.25) is 0 Å². The highest BCUT2D eigenvalue weighted by Gasteiger charge is 2.20. The maximum atomic E-state index is 11.3. The zero-order chi connectivity index (χ0) is 15.8. The average Bonchev–Trinajstić information content (AvgIpc) is 2.91. The van der Waals surface area contributed by atoms with Crippen LogP contribution in [0.15, 0.2) is 36.7 Å². The molecule has 0 fully saturated rings. The van der Waals surface area contributed by atoms with E-state index in [9.17, 15) is 9.90 Å². The van der Waals surface area contributed by atoms with Gasteiger partial charge in [0.2, 0.25) is 0 Å². The molecular weight excluding hydrogens is 298 g/mol. The molecule has 1 aromatic carbocycles. The van der Waals surface area contributed by atoms with E-state index < -0.39 is 5.97 Å². The van der Waals surface area contributed by atoms with E-state index >= 15 is 0 Å². The van der Waals surface area contributed by atoms with Crippen molar-refractivity contribution < 1.29 is 19.4 Å². The molecule has 7 nitrogen and oxygen atoms in total. The summed E-state index contributed by atoms with van der Waals surface area (Å²) in [5.41, 5.74) is 2.11. The number of ether oxygens (including phenoxy) is 2. The second kappa shape index (κ2) is 5.28. The van der Waals surface area contributed by atoms with E-state index in [1.54, 1.807) is 35.2 Å². The summed E-state index contributed by atoms with van der Waals surface area (Å²) in [6.07, 6.45) is 3.32. The molecule has 7 heteroatoms. The highest BCUT2D eigenvalue weighted by Crippen LogP contribution is 2.36. The van der Waals surface area contributed by atoms with E-state index in [4.69, 9.17) is 9.47 Å². The Labute approximate surface area is 131 Å². The van der Waals surface area contributed by atoms with Crippen molar-refractivity contribution >= 4 is 17.0 Å². The lowest BCUT2D eigenvalue weighted by Crippen LogP contribution is -2.15. The van der Waals surface area contributed by atoms with Gasteiger partial charge >= 0.3 is 5.97 Å². The van der Waals surface area contributed by atoms with Crippen LogP contribution in [0, 0.1) is 0 Å². The lowest BCUT2D eigenvalue weighted by molar-refractivity contribution is -0.137. The number of pyridine rings is 1. The standard InChI is InChI=1S/C16H13N3O4/c20-15(21)9-19-12-7-14-13(22-4-5-23-14)6-11(12)18-16(19)10-2-1-3-17-8-10/h1-3,6-8H,4-5,9H2,(H,20,21). The zero-order valence-electron chi connectivity index (χ0n) is 12.1. The molecule has 0 bridgehead atoms. The maximum Gasteiger partial charge on any atom is 0.323 e. The van der Waals surface area contributed by atoms with Gasteiger partial charge in [-0.1, -0.05) is 0 Å². The number of hydrogen-bond acceptors (Lipinski definition) is 5. The second-order valence-corrected chi connectivity index (χ2v) is 5.14. The molecule has 0 atom stereocenters. The number of carbonyl (C=O) groups is 1. The third-order valence-corrected chi connectivity index (χ3v) is 3.63. The Morgan fingerprint density at radius 1 is 1.26 bits per heavy atom. The third kappa shape index (κ3) is 2.36. The molecule has 0 aliphatic carbocycles. The van der Waals surface area contributed by atoms with E-state index in [2.05, 4.69) is 9.97 Å². The summed E-state index contributed by atoms with van der Waals surface area (Å²) < 4.78 is 12.8. The topological polar surface area (TPSA) is 86.5 Å². The quantitative estimate of drug-likeness (QED) is 0.795. The second-order valence-electron chi connectivity index (χ2n) is 5.14. The molecule has 1 N–H and O–H groups in total. The Hall–Kier alpha value is -3.09. The summed E-state index contributed by atoms with van der Waals surface area (Å²) in [7, 11) is 0. The van der Waals surface area contributed by atoms with Gasteiger partial charge in [-0.25, -0.2) is 4.98 Å². The number of carboxylic acids is 1. The van der Waals surface area contributed by atoms with Gasteiger partial charge in [-0.05, 0) is 12.1 Å². The largest absolute Gasteiger partial charge is 0.486 e. The molecule has 3 heterocycles. The van der Waals surface area contributed by atoms with E-state index in [1.807, 2.05) is 6.07 Å². The fraction of sp³-hybridized carbons (Fsp3) is 0.188. The first-order chi connectivity index (χ1) is 11.2. The number of rotatable bonds is 3. The highest BCUT2D eigenvalue weighted by molar-refractivity contribution is 5.85. The first-order valence-corrected chi connectivity index (χ1v) is 7.14. The van der Waals surface area contributed by atoms with Gasteiger partial charge in [0, 0.05) is 30.1 Å². The molecule has 116 valence electrons. The number of aromatic nitrogens is 3. The number of fused-ring (bicyclic) bond motifs is 2. The molecule has 1 aliphatic rings. The van der Waals surface area contributed by atoms with Crippen LogP contribution in [-0.4, -0.2) is 38.8 Å². The van der Waals surface area contributed by atoms with Gasteiger partial charge in [0.15, 0.2) is 11.5 Å². The molecule has 0 saturated carbocycles. The van der Waals surface area contributed by atoms with Crippen LogP contribution in [0.25, 0.3) is 22.4 Å². The van der Waals surface area contributed by atoms with Gasteiger partial charge in [0.1, 0.15) is 25.6 Å². The number of imidazole rings is 1. The minimum absolute atomic E-state index is 0.194. The minimum Gasteiger partial charge on any atom is -0.486 e. The normalized spacial score (nSPS) is 13.2. The summed E-state index contributed by atoms with van der Waals surface area (Å²) in [5.74, 6) is 0.844. The Bertz CT molecular complexity index is 889. The molecule has 0 unspecified atom stereocenters. The lowest BCUT2D eigenvalue weighted by atomic mass is 10.2. The molecule has 2 aromatic heterocycles. The number of nitrogens with zero attached hydrogens (tertiary/aromatic N) is 3.